The predicted molar refractivity (Wildman–Crippen MR) is 84.7 cm³/mol. The lowest BCUT2D eigenvalue weighted by Crippen LogP contribution is -2.05. The minimum atomic E-state index is -0.943. The molecule has 0 atom stereocenters. The summed E-state index contributed by atoms with van der Waals surface area (Å²) in [6.45, 7) is 7.35. The molecule has 0 aromatic heterocycles. The third kappa shape index (κ3) is 2.48. The highest BCUT2D eigenvalue weighted by molar-refractivity contribution is 5.93. The fraction of sp³-hybridized carbons (Fsp3) is 0.222. The topological polar surface area (TPSA) is 74.6 Å². The van der Waals surface area contributed by atoms with Crippen LogP contribution in [0.1, 0.15) is 43.0 Å². The van der Waals surface area contributed by atoms with Gasteiger partial charge in [-0.1, -0.05) is 12.1 Å². The maximum Gasteiger partial charge on any atom is 0.335 e. The van der Waals surface area contributed by atoms with Crippen LogP contribution >= 0.6 is 0 Å². The molecule has 0 aliphatic rings. The van der Waals surface area contributed by atoms with Crippen molar-refractivity contribution in [3.63, 3.8) is 0 Å². The summed E-state index contributed by atoms with van der Waals surface area (Å²) in [4.78, 5) is 22.4. The highest BCUT2D eigenvalue weighted by Crippen LogP contribution is 2.32. The van der Waals surface area contributed by atoms with Gasteiger partial charge in [0.2, 0.25) is 0 Å². The summed E-state index contributed by atoms with van der Waals surface area (Å²) in [6.07, 6.45) is 0. The second-order valence-electron chi connectivity index (χ2n) is 5.43. The van der Waals surface area contributed by atoms with E-state index in [1.807, 2.05) is 13.8 Å². The summed E-state index contributed by atoms with van der Waals surface area (Å²) in [7, 11) is 0. The van der Waals surface area contributed by atoms with Gasteiger partial charge in [0.05, 0.1) is 11.1 Å². The molecule has 2 aromatic rings. The Bertz CT molecular complexity index is 721. The average molecular weight is 298 g/mol. The first-order chi connectivity index (χ1) is 10.3. The largest absolute Gasteiger partial charge is 0.478 e. The van der Waals surface area contributed by atoms with Gasteiger partial charge in [0.15, 0.2) is 0 Å². The van der Waals surface area contributed by atoms with E-state index in [4.69, 9.17) is 0 Å². The van der Waals surface area contributed by atoms with Crippen LogP contribution in [-0.2, 0) is 0 Å². The van der Waals surface area contributed by atoms with E-state index in [-0.39, 0.29) is 11.1 Å². The molecular formula is C18H18O4. The van der Waals surface area contributed by atoms with Crippen LogP contribution in [-0.4, -0.2) is 22.2 Å². The van der Waals surface area contributed by atoms with Crippen LogP contribution in [0, 0.1) is 27.7 Å². The monoisotopic (exact) mass is 298 g/mol. The normalized spacial score (nSPS) is 10.5. The quantitative estimate of drug-likeness (QED) is 0.898. The van der Waals surface area contributed by atoms with Gasteiger partial charge in [-0.2, -0.15) is 0 Å². The van der Waals surface area contributed by atoms with Gasteiger partial charge in [0, 0.05) is 0 Å². The van der Waals surface area contributed by atoms with Crippen LogP contribution < -0.4 is 0 Å². The highest BCUT2D eigenvalue weighted by Gasteiger charge is 2.16. The third-order valence-corrected chi connectivity index (χ3v) is 4.33. The zero-order chi connectivity index (χ0) is 16.6. The number of benzene rings is 2. The summed E-state index contributed by atoms with van der Waals surface area (Å²) >= 11 is 0. The van der Waals surface area contributed by atoms with E-state index in [1.165, 1.54) is 0 Å². The molecule has 0 fully saturated rings. The Morgan fingerprint density at radius 2 is 0.955 bits per heavy atom. The third-order valence-electron chi connectivity index (χ3n) is 4.33. The molecule has 0 spiro atoms. The van der Waals surface area contributed by atoms with E-state index in [9.17, 15) is 19.8 Å². The van der Waals surface area contributed by atoms with Gasteiger partial charge in [0.1, 0.15) is 0 Å². The molecule has 2 aromatic carbocycles. The predicted octanol–water partition coefficient (Wildman–Crippen LogP) is 3.98. The van der Waals surface area contributed by atoms with E-state index >= 15 is 0 Å². The summed E-state index contributed by atoms with van der Waals surface area (Å²) in [5.41, 5.74) is 5.68. The van der Waals surface area contributed by atoms with Crippen LogP contribution in [0.15, 0.2) is 24.3 Å². The highest BCUT2D eigenvalue weighted by atomic mass is 16.4. The van der Waals surface area contributed by atoms with Crippen molar-refractivity contribution < 1.29 is 19.8 Å². The molecule has 0 amide bonds. The Morgan fingerprint density at radius 1 is 0.636 bits per heavy atom. The Kier molecular flexibility index (Phi) is 4.04. The fourth-order valence-corrected chi connectivity index (χ4v) is 2.69. The molecular weight excluding hydrogens is 280 g/mol. The Balaban J connectivity index is 2.68. The Morgan fingerprint density at radius 3 is 1.23 bits per heavy atom. The molecule has 0 aliphatic heterocycles. The molecule has 0 bridgehead atoms. The first-order valence-corrected chi connectivity index (χ1v) is 6.93. The maximum absolute atomic E-state index is 11.2. The number of carboxylic acids is 2. The lowest BCUT2D eigenvalue weighted by molar-refractivity contribution is 0.0685. The maximum atomic E-state index is 11.2. The zero-order valence-electron chi connectivity index (χ0n) is 13.0. The zero-order valence-corrected chi connectivity index (χ0v) is 13.0. The van der Waals surface area contributed by atoms with E-state index in [1.54, 1.807) is 38.1 Å². The van der Waals surface area contributed by atoms with Crippen LogP contribution in [0.25, 0.3) is 11.1 Å². The van der Waals surface area contributed by atoms with Crippen LogP contribution in [0.3, 0.4) is 0 Å². The summed E-state index contributed by atoms with van der Waals surface area (Å²) in [6, 6.07) is 6.77. The average Bonchev–Trinajstić information content (AvgIpc) is 2.44. The Hall–Kier alpha value is -2.62. The number of aromatic carboxylic acids is 2. The van der Waals surface area contributed by atoms with Gasteiger partial charge in [-0.3, -0.25) is 0 Å². The van der Waals surface area contributed by atoms with Crippen molar-refractivity contribution in [2.75, 3.05) is 0 Å². The molecule has 22 heavy (non-hydrogen) atoms. The number of hydrogen-bond acceptors (Lipinski definition) is 2. The van der Waals surface area contributed by atoms with Crippen LogP contribution in [0.4, 0.5) is 0 Å². The number of hydrogen-bond donors (Lipinski definition) is 2. The molecule has 4 heteroatoms. The van der Waals surface area contributed by atoms with E-state index < -0.39 is 11.9 Å². The van der Waals surface area contributed by atoms with Crippen molar-refractivity contribution >= 4 is 11.9 Å². The van der Waals surface area contributed by atoms with Gasteiger partial charge >= 0.3 is 11.9 Å². The van der Waals surface area contributed by atoms with E-state index in [0.29, 0.717) is 0 Å². The van der Waals surface area contributed by atoms with Crippen LogP contribution in [0.2, 0.25) is 0 Å². The molecule has 0 aliphatic carbocycles. The molecule has 0 unspecified atom stereocenters. The van der Waals surface area contributed by atoms with Gasteiger partial charge < -0.3 is 10.2 Å². The lowest BCUT2D eigenvalue weighted by atomic mass is 9.88. The standard InChI is InChI=1S/C18H18O4/c1-9-11(3)15(17(19)20)7-5-13(9)14-6-8-16(18(21)22)12(4)10(14)2/h5-8H,1-4H3,(H,19,20)(H,21,22). The summed E-state index contributed by atoms with van der Waals surface area (Å²) in [5.74, 6) is -1.89. The van der Waals surface area contributed by atoms with Crippen molar-refractivity contribution in [3.8, 4) is 11.1 Å². The van der Waals surface area contributed by atoms with Crippen LogP contribution in [0.5, 0.6) is 0 Å². The number of carbonyl (C=O) groups is 2. The SMILES string of the molecule is Cc1c(C(=O)O)ccc(-c2ccc(C(=O)O)c(C)c2C)c1C. The van der Waals surface area contributed by atoms with Gasteiger partial charge in [-0.05, 0) is 73.2 Å². The molecule has 2 rings (SSSR count). The first-order valence-electron chi connectivity index (χ1n) is 6.93. The van der Waals surface area contributed by atoms with E-state index in [0.717, 1.165) is 33.4 Å². The van der Waals surface area contributed by atoms with Gasteiger partial charge in [-0.25, -0.2) is 9.59 Å². The minimum absolute atomic E-state index is 0.290. The summed E-state index contributed by atoms with van der Waals surface area (Å²) in [5, 5.41) is 18.4. The van der Waals surface area contributed by atoms with Gasteiger partial charge in [-0.15, -0.1) is 0 Å². The molecule has 0 saturated carbocycles. The van der Waals surface area contributed by atoms with Crippen molar-refractivity contribution in [1.82, 2.24) is 0 Å². The molecule has 114 valence electrons. The fourth-order valence-electron chi connectivity index (χ4n) is 2.69. The van der Waals surface area contributed by atoms with Crippen molar-refractivity contribution in [3.05, 3.63) is 57.6 Å². The molecule has 4 nitrogen and oxygen atoms in total. The molecule has 2 N–H and O–H groups in total. The van der Waals surface area contributed by atoms with Crippen molar-refractivity contribution in [1.29, 1.82) is 0 Å². The van der Waals surface area contributed by atoms with Crippen molar-refractivity contribution in [2.24, 2.45) is 0 Å². The number of rotatable bonds is 3. The minimum Gasteiger partial charge on any atom is -0.478 e. The smallest absolute Gasteiger partial charge is 0.335 e. The summed E-state index contributed by atoms with van der Waals surface area (Å²) < 4.78 is 0. The molecule has 0 saturated heterocycles. The number of carboxylic acid groups (broad SMARTS) is 2. The lowest BCUT2D eigenvalue weighted by Gasteiger charge is -2.16. The molecule has 0 radical (unpaired) electrons. The second kappa shape index (κ2) is 5.64. The van der Waals surface area contributed by atoms with E-state index in [2.05, 4.69) is 0 Å². The first kappa shape index (κ1) is 15.8. The molecule has 0 heterocycles. The van der Waals surface area contributed by atoms with Crippen molar-refractivity contribution in [2.45, 2.75) is 27.7 Å². The second-order valence-corrected chi connectivity index (χ2v) is 5.43. The Labute approximate surface area is 129 Å². The van der Waals surface area contributed by atoms with Gasteiger partial charge in [0.25, 0.3) is 0 Å².